The van der Waals surface area contributed by atoms with Gasteiger partial charge in [-0.15, -0.1) is 0 Å². The van der Waals surface area contributed by atoms with Gasteiger partial charge in [0.15, 0.2) is 0 Å². The van der Waals surface area contributed by atoms with Crippen molar-refractivity contribution in [3.05, 3.63) is 40.8 Å². The molecule has 2 rings (SSSR count). The molecule has 1 aromatic carbocycles. The molecule has 0 spiro atoms. The average molecular weight is 228 g/mol. The number of nitrogens with zero attached hydrogens (tertiary/aromatic N) is 2. The van der Waals surface area contributed by atoms with Gasteiger partial charge in [-0.3, -0.25) is 0 Å². The zero-order chi connectivity index (χ0) is 10.1. The Hall–Kier alpha value is -1.19. The first-order valence-electron chi connectivity index (χ1n) is 3.91. The van der Waals surface area contributed by atoms with Crippen LogP contribution in [-0.2, 0) is 0 Å². The van der Waals surface area contributed by atoms with E-state index in [9.17, 15) is 0 Å². The molecule has 0 radical (unpaired) electrons. The molecule has 1 heterocycles. The predicted octanol–water partition coefficient (Wildman–Crippen LogP) is 2.76. The van der Waals surface area contributed by atoms with E-state index in [1.54, 1.807) is 35.3 Å². The van der Waals surface area contributed by atoms with Crippen LogP contribution in [0.5, 0.6) is 0 Å². The molecule has 0 bridgehead atoms. The molecule has 0 aliphatic carbocycles. The van der Waals surface area contributed by atoms with Crippen LogP contribution in [0.2, 0.25) is 10.0 Å². The first-order valence-corrected chi connectivity index (χ1v) is 4.67. The molecule has 0 amide bonds. The Morgan fingerprint density at radius 2 is 1.79 bits per heavy atom. The molecular weight excluding hydrogens is 221 g/mol. The maximum absolute atomic E-state index is 5.86. The van der Waals surface area contributed by atoms with Crippen LogP contribution >= 0.6 is 23.2 Å². The summed E-state index contributed by atoms with van der Waals surface area (Å²) in [6.07, 6.45) is 3.30. The van der Waals surface area contributed by atoms with Crippen molar-refractivity contribution in [2.45, 2.75) is 0 Å². The van der Waals surface area contributed by atoms with Crippen LogP contribution in [0.4, 0.5) is 5.82 Å². The van der Waals surface area contributed by atoms with Crippen LogP contribution in [0.15, 0.2) is 30.7 Å². The third-order valence-electron chi connectivity index (χ3n) is 1.75. The molecule has 0 atom stereocenters. The molecule has 0 saturated heterocycles. The zero-order valence-corrected chi connectivity index (χ0v) is 8.63. The molecule has 0 aliphatic rings. The molecule has 2 aromatic rings. The monoisotopic (exact) mass is 227 g/mol. The predicted molar refractivity (Wildman–Crippen MR) is 58.0 cm³/mol. The molecule has 0 saturated carbocycles. The quantitative estimate of drug-likeness (QED) is 0.815. The summed E-state index contributed by atoms with van der Waals surface area (Å²) >= 11 is 11.7. The fourth-order valence-electron chi connectivity index (χ4n) is 1.17. The maximum Gasteiger partial charge on any atom is 0.141 e. The second kappa shape index (κ2) is 3.52. The summed E-state index contributed by atoms with van der Waals surface area (Å²) in [6.45, 7) is 0. The van der Waals surface area contributed by atoms with E-state index in [1.807, 2.05) is 0 Å². The van der Waals surface area contributed by atoms with Gasteiger partial charge in [-0.1, -0.05) is 23.2 Å². The average Bonchev–Trinajstić information content (AvgIpc) is 2.50. The van der Waals surface area contributed by atoms with E-state index in [1.165, 1.54) is 0 Å². The van der Waals surface area contributed by atoms with E-state index in [0.29, 0.717) is 15.9 Å². The number of nitrogens with two attached hydrogens (primary N) is 1. The minimum Gasteiger partial charge on any atom is -0.382 e. The van der Waals surface area contributed by atoms with Gasteiger partial charge >= 0.3 is 0 Å². The van der Waals surface area contributed by atoms with Crippen LogP contribution in [-0.4, -0.2) is 9.55 Å². The number of aromatic nitrogens is 2. The van der Waals surface area contributed by atoms with Crippen LogP contribution < -0.4 is 5.73 Å². The van der Waals surface area contributed by atoms with E-state index in [2.05, 4.69) is 4.98 Å². The van der Waals surface area contributed by atoms with Crippen LogP contribution in [0, 0.1) is 0 Å². The Morgan fingerprint density at radius 3 is 2.29 bits per heavy atom. The molecule has 2 N–H and O–H groups in total. The minimum atomic E-state index is 0.459. The fourth-order valence-corrected chi connectivity index (χ4v) is 1.68. The third kappa shape index (κ3) is 1.84. The van der Waals surface area contributed by atoms with Crippen molar-refractivity contribution in [2.24, 2.45) is 0 Å². The van der Waals surface area contributed by atoms with Gasteiger partial charge < -0.3 is 10.3 Å². The van der Waals surface area contributed by atoms with E-state index in [0.717, 1.165) is 5.69 Å². The highest BCUT2D eigenvalue weighted by Gasteiger charge is 2.01. The minimum absolute atomic E-state index is 0.459. The van der Waals surface area contributed by atoms with Gasteiger partial charge in [0, 0.05) is 15.7 Å². The number of halogens is 2. The first-order chi connectivity index (χ1) is 6.65. The highest BCUT2D eigenvalue weighted by Crippen LogP contribution is 2.21. The van der Waals surface area contributed by atoms with Crippen LogP contribution in [0.25, 0.3) is 5.69 Å². The molecule has 0 unspecified atom stereocenters. The summed E-state index contributed by atoms with van der Waals surface area (Å²) in [7, 11) is 0. The van der Waals surface area contributed by atoms with Crippen molar-refractivity contribution in [2.75, 3.05) is 5.73 Å². The SMILES string of the molecule is Nc1cn(-c2cc(Cl)cc(Cl)c2)cn1. The second-order valence-electron chi connectivity index (χ2n) is 2.83. The van der Waals surface area contributed by atoms with Crippen molar-refractivity contribution in [1.82, 2.24) is 9.55 Å². The van der Waals surface area contributed by atoms with Gasteiger partial charge in [-0.2, -0.15) is 0 Å². The maximum atomic E-state index is 5.86. The van der Waals surface area contributed by atoms with E-state index < -0.39 is 0 Å². The summed E-state index contributed by atoms with van der Waals surface area (Å²) in [6, 6.07) is 5.25. The fraction of sp³-hybridized carbons (Fsp3) is 0. The number of rotatable bonds is 1. The van der Waals surface area contributed by atoms with Gasteiger partial charge in [0.1, 0.15) is 12.1 Å². The van der Waals surface area contributed by atoms with Gasteiger partial charge in [-0.05, 0) is 18.2 Å². The van der Waals surface area contributed by atoms with Gasteiger partial charge in [0.05, 0.1) is 6.20 Å². The molecule has 0 fully saturated rings. The lowest BCUT2D eigenvalue weighted by Gasteiger charge is -2.02. The Bertz CT molecular complexity index is 445. The molecule has 14 heavy (non-hydrogen) atoms. The molecular formula is C9H7Cl2N3. The highest BCUT2D eigenvalue weighted by molar-refractivity contribution is 6.34. The number of anilines is 1. The number of benzene rings is 1. The Balaban J connectivity index is 2.51. The van der Waals surface area contributed by atoms with Crippen molar-refractivity contribution in [3.63, 3.8) is 0 Å². The van der Waals surface area contributed by atoms with Gasteiger partial charge in [0.2, 0.25) is 0 Å². The second-order valence-corrected chi connectivity index (χ2v) is 3.71. The van der Waals surface area contributed by atoms with Crippen LogP contribution in [0.1, 0.15) is 0 Å². The molecule has 5 heteroatoms. The lowest BCUT2D eigenvalue weighted by Crippen LogP contribution is -1.89. The molecule has 1 aromatic heterocycles. The van der Waals surface area contributed by atoms with Crippen LogP contribution in [0.3, 0.4) is 0 Å². The standard InChI is InChI=1S/C9H7Cl2N3/c10-6-1-7(11)3-8(2-6)14-4-9(12)13-5-14/h1-5H,12H2. The molecule has 72 valence electrons. The summed E-state index contributed by atoms with van der Waals surface area (Å²) in [5, 5.41) is 1.17. The third-order valence-corrected chi connectivity index (χ3v) is 2.18. The number of imidazole rings is 1. The van der Waals surface area contributed by atoms with Crippen molar-refractivity contribution in [1.29, 1.82) is 0 Å². The largest absolute Gasteiger partial charge is 0.382 e. The van der Waals surface area contributed by atoms with Crippen molar-refractivity contribution >= 4 is 29.0 Å². The van der Waals surface area contributed by atoms with E-state index >= 15 is 0 Å². The summed E-state index contributed by atoms with van der Waals surface area (Å²) in [5.41, 5.74) is 6.33. The normalized spacial score (nSPS) is 10.4. The Morgan fingerprint density at radius 1 is 1.14 bits per heavy atom. The lowest BCUT2D eigenvalue weighted by molar-refractivity contribution is 1.06. The Kier molecular flexibility index (Phi) is 2.35. The topological polar surface area (TPSA) is 43.8 Å². The lowest BCUT2D eigenvalue weighted by atomic mass is 10.3. The van der Waals surface area contributed by atoms with E-state index in [-0.39, 0.29) is 0 Å². The Labute approximate surface area is 91.1 Å². The van der Waals surface area contributed by atoms with Gasteiger partial charge in [0.25, 0.3) is 0 Å². The smallest absolute Gasteiger partial charge is 0.141 e. The highest BCUT2D eigenvalue weighted by atomic mass is 35.5. The summed E-state index contributed by atoms with van der Waals surface area (Å²) in [5.74, 6) is 0.459. The van der Waals surface area contributed by atoms with E-state index in [4.69, 9.17) is 28.9 Å². The van der Waals surface area contributed by atoms with Gasteiger partial charge in [-0.25, -0.2) is 4.98 Å². The number of hydrogen-bond acceptors (Lipinski definition) is 2. The van der Waals surface area contributed by atoms with Crippen molar-refractivity contribution < 1.29 is 0 Å². The molecule has 0 aliphatic heterocycles. The van der Waals surface area contributed by atoms with Crippen molar-refractivity contribution in [3.8, 4) is 5.69 Å². The number of hydrogen-bond donors (Lipinski definition) is 1. The summed E-state index contributed by atoms with van der Waals surface area (Å²) < 4.78 is 1.76. The first kappa shape index (κ1) is 9.37. The summed E-state index contributed by atoms with van der Waals surface area (Å²) in [4.78, 5) is 3.91. The zero-order valence-electron chi connectivity index (χ0n) is 7.11. The molecule has 3 nitrogen and oxygen atoms in total. The number of nitrogen functional groups attached to an aromatic ring is 1.